The summed E-state index contributed by atoms with van der Waals surface area (Å²) in [5.74, 6) is -0.981. The van der Waals surface area contributed by atoms with Gasteiger partial charge in [0.2, 0.25) is 0 Å². The van der Waals surface area contributed by atoms with Gasteiger partial charge in [0.15, 0.2) is 0 Å². The van der Waals surface area contributed by atoms with Gasteiger partial charge in [-0.3, -0.25) is 4.79 Å². The Labute approximate surface area is 105 Å². The minimum Gasteiger partial charge on any atom is -0.494 e. The summed E-state index contributed by atoms with van der Waals surface area (Å²) in [5, 5.41) is 8.78. The molecule has 0 unspecified atom stereocenters. The molecule has 1 rings (SSSR count). The van der Waals surface area contributed by atoms with Gasteiger partial charge in [-0.15, -0.1) is 0 Å². The van der Waals surface area contributed by atoms with Gasteiger partial charge in [0.05, 0.1) is 25.2 Å². The molecule has 0 atom stereocenters. The number of carboxylic acid groups (broad SMARTS) is 1. The molecule has 0 saturated heterocycles. The Balaban J connectivity index is 3.02. The average molecular weight is 252 g/mol. The van der Waals surface area contributed by atoms with Crippen LogP contribution in [0.15, 0.2) is 18.2 Å². The van der Waals surface area contributed by atoms with E-state index in [0.717, 1.165) is 0 Å². The molecule has 0 aliphatic heterocycles. The monoisotopic (exact) mass is 252 g/mol. The van der Waals surface area contributed by atoms with Crippen molar-refractivity contribution in [1.82, 2.24) is 0 Å². The van der Waals surface area contributed by atoms with Gasteiger partial charge in [0, 0.05) is 5.56 Å². The quantitative estimate of drug-likeness (QED) is 0.783. The number of aliphatic carboxylic acids is 1. The van der Waals surface area contributed by atoms with E-state index in [-0.39, 0.29) is 6.42 Å². The molecule has 18 heavy (non-hydrogen) atoms. The van der Waals surface area contributed by atoms with Crippen molar-refractivity contribution in [3.63, 3.8) is 0 Å². The van der Waals surface area contributed by atoms with Gasteiger partial charge in [0.1, 0.15) is 5.75 Å². The van der Waals surface area contributed by atoms with E-state index in [0.29, 0.717) is 30.1 Å². The van der Waals surface area contributed by atoms with Crippen LogP contribution in [-0.4, -0.2) is 30.3 Å². The first kappa shape index (κ1) is 14.0. The fraction of sp³-hybridized carbons (Fsp3) is 0.385. The molecule has 0 saturated carbocycles. The number of esters is 1. The van der Waals surface area contributed by atoms with Crippen LogP contribution in [0.5, 0.6) is 5.75 Å². The third-order valence-electron chi connectivity index (χ3n) is 2.22. The number of rotatable bonds is 6. The fourth-order valence-corrected chi connectivity index (χ4v) is 1.49. The van der Waals surface area contributed by atoms with E-state index in [1.54, 1.807) is 26.0 Å². The van der Waals surface area contributed by atoms with E-state index >= 15 is 0 Å². The molecule has 0 radical (unpaired) electrons. The molecular weight excluding hydrogens is 236 g/mol. The number of hydrogen-bond acceptors (Lipinski definition) is 4. The molecule has 0 heterocycles. The number of ether oxygens (including phenoxy) is 2. The molecule has 0 fully saturated rings. The number of carboxylic acids is 1. The zero-order valence-corrected chi connectivity index (χ0v) is 10.4. The molecule has 5 heteroatoms. The lowest BCUT2D eigenvalue weighted by molar-refractivity contribution is -0.136. The van der Waals surface area contributed by atoms with E-state index in [4.69, 9.17) is 14.6 Å². The predicted octanol–water partition coefficient (Wildman–Crippen LogP) is 1.89. The van der Waals surface area contributed by atoms with E-state index < -0.39 is 11.9 Å². The van der Waals surface area contributed by atoms with Gasteiger partial charge in [-0.25, -0.2) is 4.79 Å². The lowest BCUT2D eigenvalue weighted by atomic mass is 10.1. The van der Waals surface area contributed by atoms with Crippen LogP contribution in [0.1, 0.15) is 29.8 Å². The second-order valence-corrected chi connectivity index (χ2v) is 3.55. The van der Waals surface area contributed by atoms with Gasteiger partial charge >= 0.3 is 11.9 Å². The van der Waals surface area contributed by atoms with Crippen molar-refractivity contribution in [2.45, 2.75) is 20.3 Å². The summed E-state index contributed by atoms with van der Waals surface area (Å²) in [6, 6.07) is 4.63. The number of carbonyl (C=O) groups excluding carboxylic acids is 1. The standard InChI is InChI=1S/C13H16O5/c1-3-17-11-7-10(13(16)18-4-2)6-5-9(11)8-12(14)15/h5-7H,3-4,8H2,1-2H3,(H,14,15). The van der Waals surface area contributed by atoms with Crippen molar-refractivity contribution in [3.05, 3.63) is 29.3 Å². The van der Waals surface area contributed by atoms with E-state index in [1.165, 1.54) is 6.07 Å². The van der Waals surface area contributed by atoms with Crippen molar-refractivity contribution < 1.29 is 24.2 Å². The van der Waals surface area contributed by atoms with Crippen molar-refractivity contribution in [3.8, 4) is 5.75 Å². The molecular formula is C13H16O5. The maximum Gasteiger partial charge on any atom is 0.338 e. The highest BCUT2D eigenvalue weighted by molar-refractivity contribution is 5.90. The second kappa shape index (κ2) is 6.64. The molecule has 1 N–H and O–H groups in total. The zero-order chi connectivity index (χ0) is 13.5. The first-order valence-electron chi connectivity index (χ1n) is 5.73. The maximum absolute atomic E-state index is 11.5. The summed E-state index contributed by atoms with van der Waals surface area (Å²) in [5.41, 5.74) is 0.895. The number of carbonyl (C=O) groups is 2. The van der Waals surface area contributed by atoms with Gasteiger partial charge in [-0.05, 0) is 26.0 Å². The van der Waals surface area contributed by atoms with Crippen molar-refractivity contribution >= 4 is 11.9 Å². The molecule has 1 aromatic carbocycles. The first-order valence-corrected chi connectivity index (χ1v) is 5.73. The van der Waals surface area contributed by atoms with Crippen LogP contribution < -0.4 is 4.74 Å². The Morgan fingerprint density at radius 2 is 1.94 bits per heavy atom. The van der Waals surface area contributed by atoms with E-state index in [9.17, 15) is 9.59 Å². The molecule has 5 nitrogen and oxygen atoms in total. The van der Waals surface area contributed by atoms with Gasteiger partial charge < -0.3 is 14.6 Å². The highest BCUT2D eigenvalue weighted by Gasteiger charge is 2.13. The topological polar surface area (TPSA) is 72.8 Å². The van der Waals surface area contributed by atoms with E-state index in [1.807, 2.05) is 0 Å². The zero-order valence-electron chi connectivity index (χ0n) is 10.4. The normalized spacial score (nSPS) is 9.89. The van der Waals surface area contributed by atoms with Gasteiger partial charge in [-0.1, -0.05) is 6.07 Å². The number of hydrogen-bond donors (Lipinski definition) is 1. The van der Waals surface area contributed by atoms with Crippen LogP contribution in [0.2, 0.25) is 0 Å². The summed E-state index contributed by atoms with van der Waals surface area (Å²) in [6.45, 7) is 4.21. The molecule has 1 aromatic rings. The Bertz CT molecular complexity index is 439. The first-order chi connectivity index (χ1) is 8.58. The summed E-state index contributed by atoms with van der Waals surface area (Å²) in [4.78, 5) is 22.2. The highest BCUT2D eigenvalue weighted by Crippen LogP contribution is 2.22. The average Bonchev–Trinajstić information content (AvgIpc) is 2.31. The third kappa shape index (κ3) is 3.76. The smallest absolute Gasteiger partial charge is 0.338 e. The number of benzene rings is 1. The van der Waals surface area contributed by atoms with Crippen LogP contribution in [0.3, 0.4) is 0 Å². The van der Waals surface area contributed by atoms with Crippen LogP contribution in [0.4, 0.5) is 0 Å². The minimum atomic E-state index is -0.945. The Morgan fingerprint density at radius 1 is 1.22 bits per heavy atom. The lowest BCUT2D eigenvalue weighted by Crippen LogP contribution is -2.08. The Kier molecular flexibility index (Phi) is 5.17. The molecule has 98 valence electrons. The summed E-state index contributed by atoms with van der Waals surface area (Å²) >= 11 is 0. The van der Waals surface area contributed by atoms with Crippen LogP contribution >= 0.6 is 0 Å². The second-order valence-electron chi connectivity index (χ2n) is 3.55. The molecule has 0 spiro atoms. The highest BCUT2D eigenvalue weighted by atomic mass is 16.5. The minimum absolute atomic E-state index is 0.140. The van der Waals surface area contributed by atoms with Crippen LogP contribution in [0, 0.1) is 0 Å². The van der Waals surface area contributed by atoms with Crippen LogP contribution in [-0.2, 0) is 16.0 Å². The summed E-state index contributed by atoms with van der Waals surface area (Å²) < 4.78 is 10.2. The third-order valence-corrected chi connectivity index (χ3v) is 2.22. The fourth-order valence-electron chi connectivity index (χ4n) is 1.49. The van der Waals surface area contributed by atoms with Crippen molar-refractivity contribution in [1.29, 1.82) is 0 Å². The van der Waals surface area contributed by atoms with Gasteiger partial charge in [-0.2, -0.15) is 0 Å². The Hall–Kier alpha value is -2.04. The van der Waals surface area contributed by atoms with Crippen molar-refractivity contribution in [2.75, 3.05) is 13.2 Å². The lowest BCUT2D eigenvalue weighted by Gasteiger charge is -2.10. The SMILES string of the molecule is CCOC(=O)c1ccc(CC(=O)O)c(OCC)c1. The maximum atomic E-state index is 11.5. The van der Waals surface area contributed by atoms with Crippen LogP contribution in [0.25, 0.3) is 0 Å². The van der Waals surface area contributed by atoms with E-state index in [2.05, 4.69) is 0 Å². The molecule has 0 aliphatic rings. The summed E-state index contributed by atoms with van der Waals surface area (Å²) in [7, 11) is 0. The summed E-state index contributed by atoms with van der Waals surface area (Å²) in [6.07, 6.45) is -0.140. The Morgan fingerprint density at radius 3 is 2.50 bits per heavy atom. The predicted molar refractivity (Wildman–Crippen MR) is 64.9 cm³/mol. The molecule has 0 aromatic heterocycles. The largest absolute Gasteiger partial charge is 0.494 e. The van der Waals surface area contributed by atoms with Gasteiger partial charge in [0.25, 0.3) is 0 Å². The molecule has 0 amide bonds. The van der Waals surface area contributed by atoms with Crippen molar-refractivity contribution in [2.24, 2.45) is 0 Å². The molecule has 0 aliphatic carbocycles. The molecule has 0 bridgehead atoms.